The molecule has 2 aromatic rings. The van der Waals surface area contributed by atoms with Crippen molar-refractivity contribution in [2.45, 2.75) is 25.3 Å². The van der Waals surface area contributed by atoms with E-state index in [2.05, 4.69) is 0 Å². The molecule has 21 heavy (non-hydrogen) atoms. The van der Waals surface area contributed by atoms with Crippen molar-refractivity contribution in [3.63, 3.8) is 0 Å². The molecule has 0 saturated carbocycles. The minimum Gasteiger partial charge on any atom is -0.497 e. The van der Waals surface area contributed by atoms with Gasteiger partial charge in [-0.25, -0.2) is 4.39 Å². The van der Waals surface area contributed by atoms with Crippen LogP contribution in [0.3, 0.4) is 0 Å². The summed E-state index contributed by atoms with van der Waals surface area (Å²) >= 11 is 6.01. The van der Waals surface area contributed by atoms with E-state index in [0.29, 0.717) is 11.4 Å². The Kier molecular flexibility index (Phi) is 5.59. The first-order valence-corrected chi connectivity index (χ1v) is 7.28. The van der Waals surface area contributed by atoms with Crippen molar-refractivity contribution in [1.29, 1.82) is 0 Å². The van der Waals surface area contributed by atoms with Crippen molar-refractivity contribution < 1.29 is 9.13 Å². The number of rotatable bonds is 6. The molecule has 4 heteroatoms. The minimum atomic E-state index is -0.324. The first-order chi connectivity index (χ1) is 10.1. The molecular weight excluding hydrogens is 289 g/mol. The summed E-state index contributed by atoms with van der Waals surface area (Å²) in [6, 6.07) is 12.4. The highest BCUT2D eigenvalue weighted by molar-refractivity contribution is 6.31. The van der Waals surface area contributed by atoms with Crippen molar-refractivity contribution in [2.24, 2.45) is 5.73 Å². The monoisotopic (exact) mass is 307 g/mol. The van der Waals surface area contributed by atoms with Gasteiger partial charge in [-0.15, -0.1) is 0 Å². The molecule has 0 aliphatic rings. The average molecular weight is 308 g/mol. The van der Waals surface area contributed by atoms with E-state index in [1.165, 1.54) is 17.7 Å². The fraction of sp³-hybridized carbons (Fsp3) is 0.294. The van der Waals surface area contributed by atoms with Gasteiger partial charge in [0.25, 0.3) is 0 Å². The van der Waals surface area contributed by atoms with Crippen LogP contribution in [0.1, 0.15) is 17.5 Å². The molecule has 2 nitrogen and oxygen atoms in total. The van der Waals surface area contributed by atoms with Crippen LogP contribution in [-0.2, 0) is 12.8 Å². The van der Waals surface area contributed by atoms with E-state index in [1.54, 1.807) is 13.2 Å². The Morgan fingerprint density at radius 1 is 1.19 bits per heavy atom. The van der Waals surface area contributed by atoms with E-state index in [1.807, 2.05) is 24.3 Å². The molecule has 2 aromatic carbocycles. The van der Waals surface area contributed by atoms with Gasteiger partial charge >= 0.3 is 0 Å². The van der Waals surface area contributed by atoms with E-state index in [9.17, 15) is 4.39 Å². The fourth-order valence-electron chi connectivity index (χ4n) is 2.22. The lowest BCUT2D eigenvalue weighted by atomic mass is 9.99. The van der Waals surface area contributed by atoms with Gasteiger partial charge in [0.2, 0.25) is 0 Å². The second-order valence-electron chi connectivity index (χ2n) is 5.09. The Morgan fingerprint density at radius 3 is 2.52 bits per heavy atom. The molecule has 0 saturated heterocycles. The SMILES string of the molecule is COc1ccc(CCC(N)Cc2ccc(F)cc2Cl)cc1. The van der Waals surface area contributed by atoms with Crippen LogP contribution in [0.2, 0.25) is 5.02 Å². The van der Waals surface area contributed by atoms with E-state index < -0.39 is 0 Å². The van der Waals surface area contributed by atoms with E-state index in [0.717, 1.165) is 24.2 Å². The zero-order valence-corrected chi connectivity index (χ0v) is 12.7. The molecule has 112 valence electrons. The third kappa shape index (κ3) is 4.73. The smallest absolute Gasteiger partial charge is 0.124 e. The number of methoxy groups -OCH3 is 1. The third-order valence-corrected chi connectivity index (χ3v) is 3.81. The number of benzene rings is 2. The minimum absolute atomic E-state index is 0.00457. The summed E-state index contributed by atoms with van der Waals surface area (Å²) in [6.45, 7) is 0. The maximum atomic E-state index is 13.0. The van der Waals surface area contributed by atoms with Crippen LogP contribution in [0.15, 0.2) is 42.5 Å². The second kappa shape index (κ2) is 7.43. The van der Waals surface area contributed by atoms with Gasteiger partial charge < -0.3 is 10.5 Å². The zero-order valence-electron chi connectivity index (χ0n) is 12.0. The summed E-state index contributed by atoms with van der Waals surface area (Å²) in [5.74, 6) is 0.525. The highest BCUT2D eigenvalue weighted by Crippen LogP contribution is 2.20. The normalized spacial score (nSPS) is 12.2. The van der Waals surface area contributed by atoms with Crippen molar-refractivity contribution in [2.75, 3.05) is 7.11 Å². The third-order valence-electron chi connectivity index (χ3n) is 3.46. The molecule has 0 fully saturated rings. The van der Waals surface area contributed by atoms with Crippen molar-refractivity contribution in [3.05, 3.63) is 64.4 Å². The lowest BCUT2D eigenvalue weighted by molar-refractivity contribution is 0.414. The van der Waals surface area contributed by atoms with Gasteiger partial charge in [0.1, 0.15) is 11.6 Å². The molecule has 0 amide bonds. The maximum Gasteiger partial charge on any atom is 0.124 e. The van der Waals surface area contributed by atoms with Gasteiger partial charge in [0.15, 0.2) is 0 Å². The van der Waals surface area contributed by atoms with Gasteiger partial charge in [0.05, 0.1) is 7.11 Å². The zero-order chi connectivity index (χ0) is 15.2. The lowest BCUT2D eigenvalue weighted by Crippen LogP contribution is -2.23. The predicted octanol–water partition coefficient (Wildman–Crippen LogP) is 3.99. The van der Waals surface area contributed by atoms with E-state index >= 15 is 0 Å². The number of nitrogens with two attached hydrogens (primary N) is 1. The molecule has 2 rings (SSSR count). The molecule has 1 atom stereocenters. The average Bonchev–Trinajstić information content (AvgIpc) is 2.48. The molecule has 0 bridgehead atoms. The highest BCUT2D eigenvalue weighted by atomic mass is 35.5. The molecule has 0 aliphatic heterocycles. The number of hydrogen-bond acceptors (Lipinski definition) is 2. The summed E-state index contributed by atoms with van der Waals surface area (Å²) in [4.78, 5) is 0. The van der Waals surface area contributed by atoms with Crippen LogP contribution in [0.4, 0.5) is 4.39 Å². The standard InChI is InChI=1S/C17H19ClFNO/c1-21-16-8-3-12(4-9-16)2-7-15(20)10-13-5-6-14(19)11-17(13)18/h3-6,8-9,11,15H,2,7,10,20H2,1H3. The van der Waals surface area contributed by atoms with Crippen molar-refractivity contribution in [3.8, 4) is 5.75 Å². The first kappa shape index (κ1) is 15.8. The predicted molar refractivity (Wildman–Crippen MR) is 84.4 cm³/mol. The Morgan fingerprint density at radius 2 is 1.90 bits per heavy atom. The summed E-state index contributed by atoms with van der Waals surface area (Å²) in [7, 11) is 1.65. The summed E-state index contributed by atoms with van der Waals surface area (Å²) in [5.41, 5.74) is 8.25. The van der Waals surface area contributed by atoms with Crippen LogP contribution >= 0.6 is 11.6 Å². The van der Waals surface area contributed by atoms with E-state index in [-0.39, 0.29) is 11.9 Å². The van der Waals surface area contributed by atoms with Crippen LogP contribution < -0.4 is 10.5 Å². The van der Waals surface area contributed by atoms with Gasteiger partial charge in [-0.1, -0.05) is 29.8 Å². The van der Waals surface area contributed by atoms with Crippen LogP contribution in [-0.4, -0.2) is 13.2 Å². The molecule has 0 spiro atoms. The molecule has 0 aromatic heterocycles. The Hall–Kier alpha value is -1.58. The summed E-state index contributed by atoms with van der Waals surface area (Å²) in [6.07, 6.45) is 2.39. The fourth-order valence-corrected chi connectivity index (χ4v) is 2.46. The number of halogens is 2. The Balaban J connectivity index is 1.87. The first-order valence-electron chi connectivity index (χ1n) is 6.91. The van der Waals surface area contributed by atoms with E-state index in [4.69, 9.17) is 22.1 Å². The molecule has 0 radical (unpaired) electrons. The quantitative estimate of drug-likeness (QED) is 0.876. The van der Waals surface area contributed by atoms with Gasteiger partial charge in [-0.3, -0.25) is 0 Å². The Bertz CT molecular complexity index is 586. The number of hydrogen-bond donors (Lipinski definition) is 1. The molecule has 0 aliphatic carbocycles. The lowest BCUT2D eigenvalue weighted by Gasteiger charge is -2.13. The summed E-state index contributed by atoms with van der Waals surface area (Å²) < 4.78 is 18.1. The molecule has 1 unspecified atom stereocenters. The molecule has 0 heterocycles. The van der Waals surface area contributed by atoms with Crippen molar-refractivity contribution in [1.82, 2.24) is 0 Å². The topological polar surface area (TPSA) is 35.2 Å². The van der Waals surface area contributed by atoms with Gasteiger partial charge in [-0.2, -0.15) is 0 Å². The van der Waals surface area contributed by atoms with Crippen molar-refractivity contribution >= 4 is 11.6 Å². The van der Waals surface area contributed by atoms with Crippen LogP contribution in [0, 0.1) is 5.82 Å². The second-order valence-corrected chi connectivity index (χ2v) is 5.49. The highest BCUT2D eigenvalue weighted by Gasteiger charge is 2.08. The number of aryl methyl sites for hydroxylation is 1. The molecule has 2 N–H and O–H groups in total. The summed E-state index contributed by atoms with van der Waals surface area (Å²) in [5, 5.41) is 0.440. The molecular formula is C17H19ClFNO. The maximum absolute atomic E-state index is 13.0. The number of ether oxygens (including phenoxy) is 1. The largest absolute Gasteiger partial charge is 0.497 e. The van der Waals surface area contributed by atoms with Gasteiger partial charge in [-0.05, 0) is 54.7 Å². The van der Waals surface area contributed by atoms with Crippen LogP contribution in [0.5, 0.6) is 5.75 Å². The Labute approximate surface area is 129 Å². The van der Waals surface area contributed by atoms with Gasteiger partial charge in [0, 0.05) is 11.1 Å². The van der Waals surface area contributed by atoms with Crippen LogP contribution in [0.25, 0.3) is 0 Å².